The van der Waals surface area contributed by atoms with Crippen molar-refractivity contribution in [2.24, 2.45) is 0 Å². The first-order chi connectivity index (χ1) is 11.6. The van der Waals surface area contributed by atoms with E-state index in [1.54, 1.807) is 0 Å². The number of carbonyl (C=O) groups excluding carboxylic acids is 1. The average molecular weight is 330 g/mol. The number of benzene rings is 1. The minimum Gasteiger partial charge on any atom is -0.491 e. The molecule has 1 aromatic carbocycles. The molecule has 0 saturated carbocycles. The summed E-state index contributed by atoms with van der Waals surface area (Å²) in [7, 11) is 0. The van der Waals surface area contributed by atoms with Crippen molar-refractivity contribution >= 4 is 6.03 Å². The molecule has 4 heteroatoms. The van der Waals surface area contributed by atoms with Crippen LogP contribution in [0.4, 0.5) is 4.79 Å². The van der Waals surface area contributed by atoms with Crippen molar-refractivity contribution in [1.29, 1.82) is 0 Å². The Morgan fingerprint density at radius 1 is 1.08 bits per heavy atom. The van der Waals surface area contributed by atoms with Crippen LogP contribution in [0.3, 0.4) is 0 Å². The first-order valence-corrected chi connectivity index (χ1v) is 8.96. The molecule has 2 N–H and O–H groups in total. The lowest BCUT2D eigenvalue weighted by molar-refractivity contribution is 0.236. The number of amides is 2. The van der Waals surface area contributed by atoms with Crippen LogP contribution in [0.15, 0.2) is 23.8 Å². The van der Waals surface area contributed by atoms with Crippen molar-refractivity contribution in [2.75, 3.05) is 19.7 Å². The number of hydrogen-bond donors (Lipinski definition) is 2. The minimum absolute atomic E-state index is 0.118. The Morgan fingerprint density at radius 3 is 2.46 bits per heavy atom. The van der Waals surface area contributed by atoms with Gasteiger partial charge in [0.15, 0.2) is 0 Å². The van der Waals surface area contributed by atoms with E-state index in [4.69, 9.17) is 4.74 Å². The number of nitrogens with one attached hydrogen (secondary N) is 2. The van der Waals surface area contributed by atoms with Crippen LogP contribution in [0.5, 0.6) is 5.75 Å². The summed E-state index contributed by atoms with van der Waals surface area (Å²) in [6.07, 6.45) is 8.25. The molecule has 0 bridgehead atoms. The standard InChI is InChI=1S/C20H30N2O2/c1-15-13-16(2)19(17(3)14-15)24-12-11-22-20(23)21-10-9-18-7-5-4-6-8-18/h7,13-14H,4-6,8-12H2,1-3H3,(H2,21,22,23). The summed E-state index contributed by atoms with van der Waals surface area (Å²) in [6.45, 7) is 7.86. The van der Waals surface area contributed by atoms with Crippen molar-refractivity contribution in [1.82, 2.24) is 10.6 Å². The molecule has 0 spiro atoms. The number of rotatable bonds is 7. The first kappa shape index (κ1) is 18.4. The molecule has 0 aromatic heterocycles. The maximum absolute atomic E-state index is 11.8. The zero-order valence-corrected chi connectivity index (χ0v) is 15.2. The number of allylic oxidation sites excluding steroid dienone is 1. The predicted octanol–water partition coefficient (Wildman–Crippen LogP) is 4.18. The summed E-state index contributed by atoms with van der Waals surface area (Å²) in [4.78, 5) is 11.8. The average Bonchev–Trinajstić information content (AvgIpc) is 2.54. The fourth-order valence-electron chi connectivity index (χ4n) is 3.24. The molecule has 0 unspecified atom stereocenters. The van der Waals surface area contributed by atoms with E-state index in [-0.39, 0.29) is 6.03 Å². The Labute approximate surface area is 145 Å². The van der Waals surface area contributed by atoms with E-state index in [9.17, 15) is 4.79 Å². The lowest BCUT2D eigenvalue weighted by atomic mass is 9.97. The van der Waals surface area contributed by atoms with Gasteiger partial charge >= 0.3 is 6.03 Å². The molecule has 0 aliphatic heterocycles. The molecule has 1 aromatic rings. The van der Waals surface area contributed by atoms with Gasteiger partial charge in [0.25, 0.3) is 0 Å². The Bertz CT molecular complexity index is 570. The fraction of sp³-hybridized carbons (Fsp3) is 0.550. The fourth-order valence-corrected chi connectivity index (χ4v) is 3.24. The molecule has 4 nitrogen and oxygen atoms in total. The van der Waals surface area contributed by atoms with Crippen LogP contribution in [0.1, 0.15) is 48.8 Å². The second-order valence-corrected chi connectivity index (χ2v) is 6.62. The quantitative estimate of drug-likeness (QED) is 0.582. The zero-order chi connectivity index (χ0) is 17.4. The zero-order valence-electron chi connectivity index (χ0n) is 15.2. The normalized spacial score (nSPS) is 14.0. The second kappa shape index (κ2) is 9.36. The van der Waals surface area contributed by atoms with Crippen LogP contribution in [-0.4, -0.2) is 25.7 Å². The first-order valence-electron chi connectivity index (χ1n) is 8.96. The van der Waals surface area contributed by atoms with Crippen LogP contribution in [0.2, 0.25) is 0 Å². The summed E-state index contributed by atoms with van der Waals surface area (Å²) < 4.78 is 5.82. The number of aryl methyl sites for hydroxylation is 3. The topological polar surface area (TPSA) is 50.4 Å². The maximum atomic E-state index is 11.8. The molecule has 0 fully saturated rings. The summed E-state index contributed by atoms with van der Waals surface area (Å²) in [5.74, 6) is 0.923. The number of ether oxygens (including phenoxy) is 1. The molecule has 132 valence electrons. The van der Waals surface area contributed by atoms with Gasteiger partial charge in [-0.2, -0.15) is 0 Å². The Morgan fingerprint density at radius 2 is 1.79 bits per heavy atom. The third kappa shape index (κ3) is 5.91. The second-order valence-electron chi connectivity index (χ2n) is 6.62. The van der Waals surface area contributed by atoms with Gasteiger partial charge in [-0.1, -0.05) is 29.3 Å². The summed E-state index contributed by atoms with van der Waals surface area (Å²) in [6, 6.07) is 4.11. The SMILES string of the molecule is Cc1cc(C)c(OCCNC(=O)NCCC2=CCCCC2)c(C)c1. The van der Waals surface area contributed by atoms with Crippen molar-refractivity contribution in [3.63, 3.8) is 0 Å². The van der Waals surface area contributed by atoms with Gasteiger partial charge in [-0.15, -0.1) is 0 Å². The van der Waals surface area contributed by atoms with Crippen LogP contribution >= 0.6 is 0 Å². The molecule has 1 aliphatic rings. The van der Waals surface area contributed by atoms with Gasteiger partial charge in [0.05, 0.1) is 6.54 Å². The Kier molecular flexibility index (Phi) is 7.16. The smallest absolute Gasteiger partial charge is 0.314 e. The van der Waals surface area contributed by atoms with E-state index in [1.165, 1.54) is 36.8 Å². The number of urea groups is 1. The summed E-state index contributed by atoms with van der Waals surface area (Å²) >= 11 is 0. The van der Waals surface area contributed by atoms with Crippen LogP contribution in [0.25, 0.3) is 0 Å². The maximum Gasteiger partial charge on any atom is 0.314 e. The summed E-state index contributed by atoms with van der Waals surface area (Å²) in [5.41, 5.74) is 4.99. The van der Waals surface area contributed by atoms with Crippen LogP contribution < -0.4 is 15.4 Å². The molecule has 0 atom stereocenters. The van der Waals surface area contributed by atoms with E-state index in [0.717, 1.165) is 23.3 Å². The highest BCUT2D eigenvalue weighted by Gasteiger charge is 2.06. The van der Waals surface area contributed by atoms with Gasteiger partial charge in [-0.3, -0.25) is 0 Å². The highest BCUT2D eigenvalue weighted by Crippen LogP contribution is 2.24. The molecule has 0 heterocycles. The molecule has 2 rings (SSSR count). The molecular weight excluding hydrogens is 300 g/mol. The predicted molar refractivity (Wildman–Crippen MR) is 98.7 cm³/mol. The largest absolute Gasteiger partial charge is 0.491 e. The van der Waals surface area contributed by atoms with E-state index in [1.807, 2.05) is 0 Å². The van der Waals surface area contributed by atoms with Gasteiger partial charge < -0.3 is 15.4 Å². The lowest BCUT2D eigenvalue weighted by Gasteiger charge is -2.14. The minimum atomic E-state index is -0.118. The number of carbonyl (C=O) groups is 1. The molecule has 24 heavy (non-hydrogen) atoms. The molecule has 0 radical (unpaired) electrons. The number of hydrogen-bond acceptors (Lipinski definition) is 2. The van der Waals surface area contributed by atoms with Gasteiger partial charge in [0.1, 0.15) is 12.4 Å². The highest BCUT2D eigenvalue weighted by molar-refractivity contribution is 5.73. The third-order valence-electron chi connectivity index (χ3n) is 4.36. The molecular formula is C20H30N2O2. The summed E-state index contributed by atoms with van der Waals surface area (Å²) in [5, 5.41) is 5.76. The van der Waals surface area contributed by atoms with Crippen molar-refractivity contribution < 1.29 is 9.53 Å². The van der Waals surface area contributed by atoms with E-state index < -0.39 is 0 Å². The lowest BCUT2D eigenvalue weighted by Crippen LogP contribution is -2.38. The Balaban J connectivity index is 1.62. The van der Waals surface area contributed by atoms with Crippen molar-refractivity contribution in [2.45, 2.75) is 52.9 Å². The van der Waals surface area contributed by atoms with Gasteiger partial charge in [-0.05, 0) is 64.0 Å². The van der Waals surface area contributed by atoms with Crippen LogP contribution in [-0.2, 0) is 0 Å². The van der Waals surface area contributed by atoms with E-state index in [0.29, 0.717) is 19.7 Å². The molecule has 1 aliphatic carbocycles. The van der Waals surface area contributed by atoms with E-state index in [2.05, 4.69) is 49.6 Å². The van der Waals surface area contributed by atoms with Crippen LogP contribution in [0, 0.1) is 20.8 Å². The van der Waals surface area contributed by atoms with Gasteiger partial charge in [-0.25, -0.2) is 4.79 Å². The molecule has 0 saturated heterocycles. The van der Waals surface area contributed by atoms with Crippen molar-refractivity contribution in [3.8, 4) is 5.75 Å². The molecule has 2 amide bonds. The Hall–Kier alpha value is -1.97. The van der Waals surface area contributed by atoms with Gasteiger partial charge in [0.2, 0.25) is 0 Å². The monoisotopic (exact) mass is 330 g/mol. The van der Waals surface area contributed by atoms with Gasteiger partial charge in [0, 0.05) is 6.54 Å². The van der Waals surface area contributed by atoms with Crippen molar-refractivity contribution in [3.05, 3.63) is 40.5 Å². The van der Waals surface area contributed by atoms with E-state index >= 15 is 0 Å². The highest BCUT2D eigenvalue weighted by atomic mass is 16.5. The third-order valence-corrected chi connectivity index (χ3v) is 4.36.